The van der Waals surface area contributed by atoms with E-state index in [1.165, 1.54) is 0 Å². The third-order valence-electron chi connectivity index (χ3n) is 10.8. The monoisotopic (exact) mass is 796 g/mol. The molecule has 6 aromatic rings. The van der Waals surface area contributed by atoms with Gasteiger partial charge in [-0.2, -0.15) is 0 Å². The Morgan fingerprint density at radius 2 is 0.603 bits per heavy atom. The van der Waals surface area contributed by atoms with Crippen molar-refractivity contribution >= 4 is 23.8 Å². The van der Waals surface area contributed by atoms with Crippen molar-refractivity contribution in [3.63, 3.8) is 0 Å². The molecule has 6 rings (SSSR count). The van der Waals surface area contributed by atoms with Crippen LogP contribution in [0.2, 0.25) is 0 Å². The molecule has 0 aromatic heterocycles. The Kier molecular flexibility index (Phi) is 13.4. The van der Waals surface area contributed by atoms with Gasteiger partial charge < -0.3 is 28.4 Å². The zero-order valence-corrected chi connectivity index (χ0v) is 36.9. The lowest BCUT2D eigenvalue weighted by atomic mass is 10.1. The quantitative estimate of drug-likeness (QED) is 0.0965. The second-order valence-electron chi connectivity index (χ2n) is 15.1. The zero-order chi connectivity index (χ0) is 41.7. The summed E-state index contributed by atoms with van der Waals surface area (Å²) in [6.07, 6.45) is -0.872. The fourth-order valence-electron chi connectivity index (χ4n) is 7.66. The van der Waals surface area contributed by atoms with Crippen LogP contribution in [-0.2, 0) is 0 Å². The smallest absolute Gasteiger partial charge is 0.126 e. The van der Waals surface area contributed by atoms with Crippen LogP contribution >= 0.6 is 7.92 Å². The average molecular weight is 797 g/mol. The fourth-order valence-corrected chi connectivity index (χ4v) is 10.0. The Bertz CT molecular complexity index is 2060. The van der Waals surface area contributed by atoms with Gasteiger partial charge in [0.2, 0.25) is 0 Å². The van der Waals surface area contributed by atoms with Crippen molar-refractivity contribution in [1.82, 2.24) is 0 Å². The molecule has 0 spiro atoms. The first-order valence-electron chi connectivity index (χ1n) is 19.9. The van der Waals surface area contributed by atoms with Crippen molar-refractivity contribution in [3.05, 3.63) is 159 Å². The molecule has 0 N–H and O–H groups in total. The number of aryl methyl sites for hydroxylation is 6. The van der Waals surface area contributed by atoms with Gasteiger partial charge in [-0.3, -0.25) is 0 Å². The SMILES string of the molecule is COc1ccc(P(c2ccc(OC)c([C@H](C)Oc3c(C)cccc3C)c2)c2ccc(OC)c([C@H](C)Oc3c(C)cccc3C)c2)cc1[C@H](C)Oc1c(C)cccc1C. The van der Waals surface area contributed by atoms with E-state index in [1.807, 2.05) is 0 Å². The summed E-state index contributed by atoms with van der Waals surface area (Å²) in [5.74, 6) is 4.98. The molecule has 58 heavy (non-hydrogen) atoms. The van der Waals surface area contributed by atoms with Gasteiger partial charge in [0.25, 0.3) is 0 Å². The Morgan fingerprint density at radius 3 is 0.828 bits per heavy atom. The molecule has 7 heteroatoms. The van der Waals surface area contributed by atoms with E-state index < -0.39 is 7.92 Å². The highest BCUT2D eigenvalue weighted by atomic mass is 31.1. The summed E-state index contributed by atoms with van der Waals surface area (Å²) >= 11 is 0. The normalized spacial score (nSPS) is 12.8. The largest absolute Gasteiger partial charge is 0.496 e. The topological polar surface area (TPSA) is 55.4 Å². The van der Waals surface area contributed by atoms with Crippen LogP contribution < -0.4 is 44.3 Å². The van der Waals surface area contributed by atoms with Gasteiger partial charge in [0.15, 0.2) is 0 Å². The molecule has 0 saturated carbocycles. The molecule has 0 radical (unpaired) electrons. The summed E-state index contributed by atoms with van der Waals surface area (Å²) in [6, 6.07) is 38.2. The highest BCUT2D eigenvalue weighted by Crippen LogP contribution is 2.42. The summed E-state index contributed by atoms with van der Waals surface area (Å²) in [5.41, 5.74) is 9.46. The molecule has 0 heterocycles. The molecule has 0 bridgehead atoms. The number of ether oxygens (including phenoxy) is 6. The van der Waals surface area contributed by atoms with E-state index in [2.05, 4.69) is 172 Å². The van der Waals surface area contributed by atoms with Crippen molar-refractivity contribution in [3.8, 4) is 34.5 Å². The molecule has 0 amide bonds. The van der Waals surface area contributed by atoms with Crippen LogP contribution in [0.3, 0.4) is 0 Å². The zero-order valence-electron chi connectivity index (χ0n) is 36.0. The van der Waals surface area contributed by atoms with E-state index in [1.54, 1.807) is 21.3 Å². The van der Waals surface area contributed by atoms with Crippen molar-refractivity contribution in [2.24, 2.45) is 0 Å². The summed E-state index contributed by atoms with van der Waals surface area (Å²) < 4.78 is 38.1. The van der Waals surface area contributed by atoms with Crippen LogP contribution in [-0.4, -0.2) is 21.3 Å². The number of methoxy groups -OCH3 is 3. The van der Waals surface area contributed by atoms with E-state index in [4.69, 9.17) is 28.4 Å². The third kappa shape index (κ3) is 8.98. The standard InChI is InChI=1S/C51H57O6P/c1-31-16-13-17-32(2)49(31)55-37(7)43-28-40(22-25-46(43)52-10)58(41-23-26-47(53-11)44(29-41)38(8)56-50-33(3)18-14-19-34(50)4)42-24-27-48(54-12)45(30-42)39(9)57-51-35(5)20-15-21-36(51)6/h13-30,37-39H,1-12H3/t37-,38-,39-/m0/s1. The lowest BCUT2D eigenvalue weighted by Crippen LogP contribution is -2.24. The highest BCUT2D eigenvalue weighted by molar-refractivity contribution is 7.79. The van der Waals surface area contributed by atoms with E-state index in [9.17, 15) is 0 Å². The molecule has 302 valence electrons. The van der Waals surface area contributed by atoms with Crippen molar-refractivity contribution < 1.29 is 28.4 Å². The Balaban J connectivity index is 1.51. The van der Waals surface area contributed by atoms with Gasteiger partial charge in [-0.05, 0) is 156 Å². The summed E-state index contributed by atoms with van der Waals surface area (Å²) in [4.78, 5) is 0. The van der Waals surface area contributed by atoms with Crippen LogP contribution in [0.5, 0.6) is 34.5 Å². The average Bonchev–Trinajstić information content (AvgIpc) is 3.21. The Hall–Kier alpha value is -5.45. The van der Waals surface area contributed by atoms with Gasteiger partial charge in [0.05, 0.1) is 21.3 Å². The first kappa shape index (κ1) is 42.2. The van der Waals surface area contributed by atoms with Gasteiger partial charge in [0, 0.05) is 16.7 Å². The third-order valence-corrected chi connectivity index (χ3v) is 13.2. The maximum Gasteiger partial charge on any atom is 0.126 e. The van der Waals surface area contributed by atoms with Gasteiger partial charge >= 0.3 is 0 Å². The molecule has 0 fully saturated rings. The van der Waals surface area contributed by atoms with Crippen LogP contribution in [0.4, 0.5) is 0 Å². The minimum absolute atomic E-state index is 0.291. The van der Waals surface area contributed by atoms with Crippen LogP contribution in [0.15, 0.2) is 109 Å². The second kappa shape index (κ2) is 18.4. The number of para-hydroxylation sites is 3. The van der Waals surface area contributed by atoms with Crippen LogP contribution in [0.1, 0.15) is 89.2 Å². The summed E-state index contributed by atoms with van der Waals surface area (Å²) in [6.45, 7) is 18.8. The van der Waals surface area contributed by atoms with E-state index in [-0.39, 0.29) is 18.3 Å². The Labute approximate surface area is 346 Å². The lowest BCUT2D eigenvalue weighted by Gasteiger charge is -2.27. The molecule has 0 aliphatic carbocycles. The molecule has 6 nitrogen and oxygen atoms in total. The van der Waals surface area contributed by atoms with Crippen LogP contribution in [0.25, 0.3) is 0 Å². The van der Waals surface area contributed by atoms with E-state index in [0.29, 0.717) is 0 Å². The maximum absolute atomic E-state index is 6.73. The molecule has 0 aliphatic rings. The van der Waals surface area contributed by atoms with Crippen LogP contribution in [0, 0.1) is 41.5 Å². The summed E-state index contributed by atoms with van der Waals surface area (Å²) in [5, 5.41) is 3.42. The molecular formula is C51H57O6P. The minimum atomic E-state index is -1.17. The molecule has 6 aromatic carbocycles. The Morgan fingerprint density at radius 1 is 0.362 bits per heavy atom. The molecule has 3 atom stereocenters. The molecule has 0 saturated heterocycles. The van der Waals surface area contributed by atoms with Gasteiger partial charge in [-0.15, -0.1) is 0 Å². The predicted octanol–water partition coefficient (Wildman–Crippen LogP) is 11.7. The molecule has 0 aliphatic heterocycles. The lowest BCUT2D eigenvalue weighted by molar-refractivity contribution is 0.218. The summed E-state index contributed by atoms with van der Waals surface area (Å²) in [7, 11) is 3.98. The number of rotatable bonds is 15. The fraction of sp³-hybridized carbons (Fsp3) is 0.294. The first-order valence-corrected chi connectivity index (χ1v) is 21.2. The number of hydrogen-bond acceptors (Lipinski definition) is 6. The van der Waals surface area contributed by atoms with Crippen molar-refractivity contribution in [2.45, 2.75) is 80.6 Å². The minimum Gasteiger partial charge on any atom is -0.496 e. The van der Waals surface area contributed by atoms with Crippen molar-refractivity contribution in [1.29, 1.82) is 0 Å². The first-order chi connectivity index (χ1) is 27.8. The highest BCUT2D eigenvalue weighted by Gasteiger charge is 2.26. The van der Waals surface area contributed by atoms with Gasteiger partial charge in [0.1, 0.15) is 52.8 Å². The van der Waals surface area contributed by atoms with E-state index in [0.717, 1.165) is 100 Å². The molecule has 0 unspecified atom stereocenters. The number of hydrogen-bond donors (Lipinski definition) is 0. The van der Waals surface area contributed by atoms with E-state index >= 15 is 0 Å². The second-order valence-corrected chi connectivity index (χ2v) is 17.3. The molecular weight excluding hydrogens is 740 g/mol. The van der Waals surface area contributed by atoms with Gasteiger partial charge in [-0.25, -0.2) is 0 Å². The maximum atomic E-state index is 6.73. The van der Waals surface area contributed by atoms with Gasteiger partial charge in [-0.1, -0.05) is 72.8 Å². The van der Waals surface area contributed by atoms with Crippen molar-refractivity contribution in [2.75, 3.05) is 21.3 Å². The predicted molar refractivity (Wildman–Crippen MR) is 240 cm³/mol. The number of benzene rings is 6.